The minimum atomic E-state index is 1.10. The molecule has 0 spiro atoms. The fourth-order valence-corrected chi connectivity index (χ4v) is 1.51. The van der Waals surface area contributed by atoms with Gasteiger partial charge in [-0.05, 0) is 38.5 Å². The summed E-state index contributed by atoms with van der Waals surface area (Å²) in [5.74, 6) is 1.10. The standard InChI is InChI=1S/C9H16.C7H14.C2H4/c1-2-3-4-5-6-9-7-8-9;1-3-5-7-6-4-2;1-2/h3-4,9H,2,5-8H2,1H3;3,5H,4,6-7H2,1-2H3;1-2H2/b4-3-;5-3-;. The Bertz CT molecular complexity index is 184. The summed E-state index contributed by atoms with van der Waals surface area (Å²) in [7, 11) is 0. The molecule has 1 rings (SSSR count). The van der Waals surface area contributed by atoms with Gasteiger partial charge >= 0.3 is 0 Å². The molecule has 0 unspecified atom stereocenters. The molecule has 0 N–H and O–H groups in total. The highest BCUT2D eigenvalue weighted by atomic mass is 14.2. The van der Waals surface area contributed by atoms with Crippen molar-refractivity contribution in [1.29, 1.82) is 0 Å². The summed E-state index contributed by atoms with van der Waals surface area (Å²) < 4.78 is 0. The molecule has 1 aliphatic rings. The Labute approximate surface area is 116 Å². The molecule has 0 saturated heterocycles. The van der Waals surface area contributed by atoms with Gasteiger partial charge in [0.1, 0.15) is 0 Å². The fourth-order valence-electron chi connectivity index (χ4n) is 1.51. The van der Waals surface area contributed by atoms with Gasteiger partial charge in [0.15, 0.2) is 0 Å². The summed E-state index contributed by atoms with van der Waals surface area (Å²) in [5, 5.41) is 0. The normalized spacial score (nSPS) is 13.9. The second-order valence-corrected chi connectivity index (χ2v) is 4.61. The summed E-state index contributed by atoms with van der Waals surface area (Å²) in [6.45, 7) is 12.5. The molecule has 0 amide bonds. The smallest absolute Gasteiger partial charge is 0.0348 e. The third-order valence-electron chi connectivity index (χ3n) is 2.80. The Morgan fingerprint density at radius 1 is 1.00 bits per heavy atom. The molecule has 1 fully saturated rings. The summed E-state index contributed by atoms with van der Waals surface area (Å²) in [5.41, 5.74) is 0. The van der Waals surface area contributed by atoms with Gasteiger partial charge in [0.2, 0.25) is 0 Å². The fraction of sp³-hybridized carbons (Fsp3) is 0.667. The van der Waals surface area contributed by atoms with Gasteiger partial charge in [-0.15, -0.1) is 13.2 Å². The molecule has 0 bridgehead atoms. The third kappa shape index (κ3) is 20.6. The largest absolute Gasteiger partial charge is 0.106 e. The zero-order chi connectivity index (χ0) is 14.1. The van der Waals surface area contributed by atoms with Crippen LogP contribution < -0.4 is 0 Å². The summed E-state index contributed by atoms with van der Waals surface area (Å²) in [6.07, 6.45) is 19.8. The Kier molecular flexibility index (Phi) is 20.2. The molecule has 0 atom stereocenters. The van der Waals surface area contributed by atoms with Crippen LogP contribution in [0.3, 0.4) is 0 Å². The molecule has 0 aromatic heterocycles. The highest BCUT2D eigenvalue weighted by Crippen LogP contribution is 2.33. The monoisotopic (exact) mass is 250 g/mol. The molecule has 0 heteroatoms. The Morgan fingerprint density at radius 2 is 1.67 bits per heavy atom. The highest BCUT2D eigenvalue weighted by molar-refractivity contribution is 4.83. The molecule has 0 nitrogen and oxygen atoms in total. The third-order valence-corrected chi connectivity index (χ3v) is 2.80. The van der Waals surface area contributed by atoms with Crippen LogP contribution in [-0.4, -0.2) is 0 Å². The van der Waals surface area contributed by atoms with Gasteiger partial charge in [-0.1, -0.05) is 63.8 Å². The molecule has 1 saturated carbocycles. The summed E-state index contributed by atoms with van der Waals surface area (Å²) >= 11 is 0. The van der Waals surface area contributed by atoms with Gasteiger partial charge in [-0.2, -0.15) is 0 Å². The lowest BCUT2D eigenvalue weighted by Crippen LogP contribution is -1.71. The van der Waals surface area contributed by atoms with Crippen LogP contribution in [0.4, 0.5) is 0 Å². The lowest BCUT2D eigenvalue weighted by molar-refractivity contribution is 0.740. The van der Waals surface area contributed by atoms with E-state index in [2.05, 4.69) is 58.2 Å². The van der Waals surface area contributed by atoms with Crippen LogP contribution in [0.25, 0.3) is 0 Å². The van der Waals surface area contributed by atoms with Crippen molar-refractivity contribution < 1.29 is 0 Å². The topological polar surface area (TPSA) is 0 Å². The number of unbranched alkanes of at least 4 members (excludes halogenated alkanes) is 2. The quantitative estimate of drug-likeness (QED) is 0.348. The van der Waals surface area contributed by atoms with Crippen LogP contribution in [0.15, 0.2) is 37.5 Å². The van der Waals surface area contributed by atoms with E-state index in [9.17, 15) is 0 Å². The van der Waals surface area contributed by atoms with Gasteiger partial charge in [0.05, 0.1) is 0 Å². The van der Waals surface area contributed by atoms with Crippen molar-refractivity contribution >= 4 is 0 Å². The van der Waals surface area contributed by atoms with Gasteiger partial charge in [0, 0.05) is 0 Å². The number of hydrogen-bond acceptors (Lipinski definition) is 0. The van der Waals surface area contributed by atoms with E-state index in [-0.39, 0.29) is 0 Å². The second kappa shape index (κ2) is 18.6. The molecule has 18 heavy (non-hydrogen) atoms. The minimum Gasteiger partial charge on any atom is -0.106 e. The Morgan fingerprint density at radius 3 is 2.11 bits per heavy atom. The molecule has 0 aromatic carbocycles. The first kappa shape index (κ1) is 19.6. The van der Waals surface area contributed by atoms with Crippen molar-refractivity contribution in [3.8, 4) is 0 Å². The Hall–Kier alpha value is -0.780. The van der Waals surface area contributed by atoms with E-state index >= 15 is 0 Å². The molecule has 0 aromatic rings. The van der Waals surface area contributed by atoms with E-state index in [1.165, 1.54) is 51.4 Å². The zero-order valence-corrected chi connectivity index (χ0v) is 13.0. The highest BCUT2D eigenvalue weighted by Gasteiger charge is 2.19. The van der Waals surface area contributed by atoms with Crippen LogP contribution in [0.2, 0.25) is 0 Å². The molecule has 0 heterocycles. The van der Waals surface area contributed by atoms with Crippen molar-refractivity contribution in [1.82, 2.24) is 0 Å². The molecule has 106 valence electrons. The first-order valence-corrected chi connectivity index (χ1v) is 7.61. The van der Waals surface area contributed by atoms with Crippen LogP contribution in [0.1, 0.15) is 72.1 Å². The maximum absolute atomic E-state index is 3.00. The lowest BCUT2D eigenvalue weighted by Gasteiger charge is -1.87. The molecular formula is C18H34. The summed E-state index contributed by atoms with van der Waals surface area (Å²) in [4.78, 5) is 0. The van der Waals surface area contributed by atoms with Crippen molar-refractivity contribution in [2.75, 3.05) is 0 Å². The van der Waals surface area contributed by atoms with Crippen molar-refractivity contribution in [3.63, 3.8) is 0 Å². The van der Waals surface area contributed by atoms with Crippen LogP contribution in [-0.2, 0) is 0 Å². The van der Waals surface area contributed by atoms with Gasteiger partial charge in [-0.3, -0.25) is 0 Å². The van der Waals surface area contributed by atoms with E-state index in [1.54, 1.807) is 0 Å². The van der Waals surface area contributed by atoms with Crippen LogP contribution in [0, 0.1) is 5.92 Å². The number of rotatable bonds is 7. The second-order valence-electron chi connectivity index (χ2n) is 4.61. The van der Waals surface area contributed by atoms with Crippen molar-refractivity contribution in [2.45, 2.75) is 72.1 Å². The van der Waals surface area contributed by atoms with Crippen LogP contribution >= 0.6 is 0 Å². The average Bonchev–Trinajstić information content (AvgIpc) is 3.23. The molecule has 1 aliphatic carbocycles. The van der Waals surface area contributed by atoms with Gasteiger partial charge < -0.3 is 0 Å². The maximum atomic E-state index is 3.00. The van der Waals surface area contributed by atoms with E-state index in [4.69, 9.17) is 0 Å². The Balaban J connectivity index is 0. The van der Waals surface area contributed by atoms with Crippen molar-refractivity contribution in [2.24, 2.45) is 5.92 Å². The van der Waals surface area contributed by atoms with Crippen molar-refractivity contribution in [3.05, 3.63) is 37.5 Å². The summed E-state index contributed by atoms with van der Waals surface area (Å²) in [6, 6.07) is 0. The van der Waals surface area contributed by atoms with Crippen LogP contribution in [0.5, 0.6) is 0 Å². The molecule has 0 aliphatic heterocycles. The average molecular weight is 250 g/mol. The van der Waals surface area contributed by atoms with E-state index in [1.807, 2.05) is 0 Å². The van der Waals surface area contributed by atoms with Gasteiger partial charge in [-0.25, -0.2) is 0 Å². The predicted molar refractivity (Wildman–Crippen MR) is 87.0 cm³/mol. The van der Waals surface area contributed by atoms with E-state index in [0.717, 1.165) is 5.92 Å². The first-order valence-electron chi connectivity index (χ1n) is 7.61. The molecular weight excluding hydrogens is 216 g/mol. The minimum absolute atomic E-state index is 1.10. The number of hydrogen-bond donors (Lipinski definition) is 0. The molecule has 0 radical (unpaired) electrons. The van der Waals surface area contributed by atoms with E-state index in [0.29, 0.717) is 0 Å². The maximum Gasteiger partial charge on any atom is -0.0348 e. The predicted octanol–water partition coefficient (Wildman–Crippen LogP) is 6.70. The lowest BCUT2D eigenvalue weighted by atomic mass is 10.2. The SMILES string of the molecule is C/C=C\CCCC.C=C.CC/C=C\CCC1CC1. The number of allylic oxidation sites excluding steroid dienone is 4. The zero-order valence-electron chi connectivity index (χ0n) is 13.0. The van der Waals surface area contributed by atoms with E-state index < -0.39 is 0 Å². The first-order chi connectivity index (χ1) is 8.85. The van der Waals surface area contributed by atoms with Gasteiger partial charge in [0.25, 0.3) is 0 Å².